The smallest absolute Gasteiger partial charge is 0.255 e. The number of aromatic hydroxyl groups is 1. The van der Waals surface area contributed by atoms with Gasteiger partial charge in [-0.15, -0.1) is 0 Å². The van der Waals surface area contributed by atoms with Gasteiger partial charge in [-0.25, -0.2) is 13.8 Å². The van der Waals surface area contributed by atoms with E-state index in [4.69, 9.17) is 0 Å². The van der Waals surface area contributed by atoms with Crippen LogP contribution in [0.25, 0.3) is 0 Å². The van der Waals surface area contributed by atoms with Crippen molar-refractivity contribution in [1.82, 2.24) is 9.73 Å². The van der Waals surface area contributed by atoms with Crippen molar-refractivity contribution in [2.75, 3.05) is 13.1 Å². The van der Waals surface area contributed by atoms with E-state index in [0.29, 0.717) is 12.0 Å². The Hall–Kier alpha value is -3.49. The van der Waals surface area contributed by atoms with Crippen molar-refractivity contribution in [3.8, 4) is 5.75 Å². The number of rotatable bonds is 9. The molecule has 31 heavy (non-hydrogen) atoms. The van der Waals surface area contributed by atoms with Gasteiger partial charge in [-0.1, -0.05) is 60.7 Å². The first kappa shape index (κ1) is 22.2. The van der Waals surface area contributed by atoms with Crippen molar-refractivity contribution in [3.63, 3.8) is 0 Å². The number of phenols is 1. The van der Waals surface area contributed by atoms with Gasteiger partial charge in [0, 0.05) is 6.54 Å². The lowest BCUT2D eigenvalue weighted by molar-refractivity contribution is -0.121. The first-order valence-electron chi connectivity index (χ1n) is 9.65. The summed E-state index contributed by atoms with van der Waals surface area (Å²) in [6, 6.07) is 23.9. The molecule has 3 rings (SSSR count). The third-order valence-electron chi connectivity index (χ3n) is 4.47. The number of hydrogen-bond donors (Lipinski definition) is 2. The van der Waals surface area contributed by atoms with E-state index in [1.165, 1.54) is 30.5 Å². The van der Waals surface area contributed by atoms with Gasteiger partial charge in [0.05, 0.1) is 17.7 Å². The van der Waals surface area contributed by atoms with Crippen LogP contribution in [-0.2, 0) is 21.2 Å². The molecule has 0 fully saturated rings. The fraction of sp³-hybridized carbons (Fsp3) is 0.130. The third kappa shape index (κ3) is 6.50. The Labute approximate surface area is 181 Å². The molecule has 0 spiro atoms. The van der Waals surface area contributed by atoms with Crippen LogP contribution >= 0.6 is 0 Å². The number of hydrazone groups is 1. The van der Waals surface area contributed by atoms with Crippen molar-refractivity contribution in [2.24, 2.45) is 5.10 Å². The maximum absolute atomic E-state index is 13.1. The number of sulfonamides is 1. The van der Waals surface area contributed by atoms with E-state index >= 15 is 0 Å². The highest BCUT2D eigenvalue weighted by atomic mass is 32.2. The minimum absolute atomic E-state index is 0.0799. The molecule has 1 amide bonds. The summed E-state index contributed by atoms with van der Waals surface area (Å²) in [6.45, 7) is -0.230. The molecule has 0 heterocycles. The van der Waals surface area contributed by atoms with Crippen LogP contribution in [0.5, 0.6) is 5.75 Å². The van der Waals surface area contributed by atoms with Crippen molar-refractivity contribution >= 4 is 22.1 Å². The number of hydrogen-bond acceptors (Lipinski definition) is 5. The fourth-order valence-corrected chi connectivity index (χ4v) is 4.32. The molecule has 8 heteroatoms. The number of carbonyl (C=O) groups excluding carboxylic acids is 1. The van der Waals surface area contributed by atoms with Crippen LogP contribution in [0.4, 0.5) is 0 Å². The molecule has 7 nitrogen and oxygen atoms in total. The van der Waals surface area contributed by atoms with Gasteiger partial charge in [0.15, 0.2) is 0 Å². The summed E-state index contributed by atoms with van der Waals surface area (Å²) >= 11 is 0. The number of benzene rings is 3. The van der Waals surface area contributed by atoms with E-state index in [1.807, 2.05) is 30.3 Å². The molecule has 0 aliphatic rings. The van der Waals surface area contributed by atoms with Crippen LogP contribution in [0, 0.1) is 0 Å². The summed E-state index contributed by atoms with van der Waals surface area (Å²) in [5, 5.41) is 13.3. The quantitative estimate of drug-likeness (QED) is 0.397. The Bertz CT molecular complexity index is 1130. The minimum atomic E-state index is -3.86. The van der Waals surface area contributed by atoms with Gasteiger partial charge in [0.25, 0.3) is 5.91 Å². The third-order valence-corrected chi connectivity index (χ3v) is 6.33. The molecular weight excluding hydrogens is 414 g/mol. The summed E-state index contributed by atoms with van der Waals surface area (Å²) in [5.74, 6) is -0.486. The molecule has 3 aromatic carbocycles. The molecule has 0 bridgehead atoms. The van der Waals surface area contributed by atoms with Crippen LogP contribution in [0.15, 0.2) is 94.9 Å². The Morgan fingerprint density at radius 3 is 2.32 bits per heavy atom. The number of amides is 1. The van der Waals surface area contributed by atoms with E-state index in [0.717, 1.165) is 9.87 Å². The normalized spacial score (nSPS) is 11.6. The molecule has 0 atom stereocenters. The second-order valence-corrected chi connectivity index (χ2v) is 8.71. The summed E-state index contributed by atoms with van der Waals surface area (Å²) in [7, 11) is -3.86. The maximum Gasteiger partial charge on any atom is 0.255 e. The second kappa shape index (κ2) is 10.5. The highest BCUT2D eigenvalue weighted by Crippen LogP contribution is 2.16. The molecule has 0 radical (unpaired) electrons. The minimum Gasteiger partial charge on any atom is -0.508 e. The Kier molecular flexibility index (Phi) is 7.53. The Morgan fingerprint density at radius 1 is 0.968 bits per heavy atom. The lowest BCUT2D eigenvalue weighted by Gasteiger charge is -2.21. The first-order valence-corrected chi connectivity index (χ1v) is 11.1. The zero-order valence-corrected chi connectivity index (χ0v) is 17.6. The van der Waals surface area contributed by atoms with Crippen molar-refractivity contribution < 1.29 is 18.3 Å². The molecule has 0 aliphatic heterocycles. The molecule has 160 valence electrons. The molecule has 2 N–H and O–H groups in total. The lowest BCUT2D eigenvalue weighted by Crippen LogP contribution is -2.40. The largest absolute Gasteiger partial charge is 0.508 e. The average molecular weight is 438 g/mol. The monoisotopic (exact) mass is 437 g/mol. The summed E-state index contributed by atoms with van der Waals surface area (Å²) in [5.41, 5.74) is 3.91. The van der Waals surface area contributed by atoms with Gasteiger partial charge in [-0.05, 0) is 41.8 Å². The molecular formula is C23H23N3O4S. The molecule has 3 aromatic rings. The predicted octanol–water partition coefficient (Wildman–Crippen LogP) is 2.78. The average Bonchev–Trinajstić information content (AvgIpc) is 2.78. The van der Waals surface area contributed by atoms with Crippen LogP contribution in [0.2, 0.25) is 0 Å². The van der Waals surface area contributed by atoms with Crippen molar-refractivity contribution in [2.45, 2.75) is 11.3 Å². The summed E-state index contributed by atoms with van der Waals surface area (Å²) in [6.07, 6.45) is 1.84. The van der Waals surface area contributed by atoms with Crippen molar-refractivity contribution in [3.05, 3.63) is 96.1 Å². The molecule has 0 saturated carbocycles. The van der Waals surface area contributed by atoms with Gasteiger partial charge in [0.1, 0.15) is 5.75 Å². The van der Waals surface area contributed by atoms with Gasteiger partial charge < -0.3 is 5.11 Å². The predicted molar refractivity (Wildman–Crippen MR) is 119 cm³/mol. The van der Waals surface area contributed by atoms with Crippen molar-refractivity contribution in [1.29, 1.82) is 0 Å². The van der Waals surface area contributed by atoms with Gasteiger partial charge in [-0.2, -0.15) is 9.41 Å². The highest BCUT2D eigenvalue weighted by Gasteiger charge is 2.26. The van der Waals surface area contributed by atoms with E-state index < -0.39 is 15.9 Å². The summed E-state index contributed by atoms with van der Waals surface area (Å²) in [4.78, 5) is 12.5. The highest BCUT2D eigenvalue weighted by molar-refractivity contribution is 7.89. The number of nitrogens with one attached hydrogen (secondary N) is 1. The standard InChI is InChI=1S/C23H23N3O4S/c27-21-11-7-10-20(16-21)17-24-25-23(28)18-26(15-14-19-8-3-1-4-9-19)31(29,30)22-12-5-2-6-13-22/h1-13,16-17,27H,14-15,18H2,(H,25,28)/b24-17-. The van der Waals surface area contributed by atoms with E-state index in [9.17, 15) is 18.3 Å². The molecule has 0 unspecified atom stereocenters. The molecule has 0 aromatic heterocycles. The fourth-order valence-electron chi connectivity index (χ4n) is 2.90. The van der Waals surface area contributed by atoms with Crippen LogP contribution in [-0.4, -0.2) is 43.0 Å². The SMILES string of the molecule is O=C(CN(CCc1ccccc1)S(=O)(=O)c1ccccc1)N/N=C\c1cccc(O)c1. The van der Waals surface area contributed by atoms with Crippen LogP contribution < -0.4 is 5.43 Å². The first-order chi connectivity index (χ1) is 14.9. The van der Waals surface area contributed by atoms with Crippen LogP contribution in [0.3, 0.4) is 0 Å². The van der Waals surface area contributed by atoms with E-state index in [-0.39, 0.29) is 23.7 Å². The topological polar surface area (TPSA) is 99.1 Å². The second-order valence-electron chi connectivity index (χ2n) is 6.78. The zero-order valence-electron chi connectivity index (χ0n) is 16.8. The summed E-state index contributed by atoms with van der Waals surface area (Å²) < 4.78 is 27.4. The molecule has 0 aliphatic carbocycles. The van der Waals surface area contributed by atoms with E-state index in [1.54, 1.807) is 30.3 Å². The number of carbonyl (C=O) groups is 1. The van der Waals surface area contributed by atoms with Crippen LogP contribution in [0.1, 0.15) is 11.1 Å². The van der Waals surface area contributed by atoms with E-state index in [2.05, 4.69) is 10.5 Å². The van der Waals surface area contributed by atoms with Gasteiger partial charge in [0.2, 0.25) is 10.0 Å². The Balaban J connectivity index is 1.71. The molecule has 0 saturated heterocycles. The zero-order chi connectivity index (χ0) is 22.1. The number of phenolic OH excluding ortho intramolecular Hbond substituents is 1. The number of nitrogens with zero attached hydrogens (tertiary/aromatic N) is 2. The lowest BCUT2D eigenvalue weighted by atomic mass is 10.1. The Morgan fingerprint density at radius 2 is 1.65 bits per heavy atom. The van der Waals surface area contributed by atoms with Gasteiger partial charge in [-0.3, -0.25) is 4.79 Å². The maximum atomic E-state index is 13.1. The van der Waals surface area contributed by atoms with Gasteiger partial charge >= 0.3 is 0 Å².